The second kappa shape index (κ2) is 7.88. The van der Waals surface area contributed by atoms with E-state index in [1.165, 1.54) is 0 Å². The summed E-state index contributed by atoms with van der Waals surface area (Å²) in [6.45, 7) is 0.266. The van der Waals surface area contributed by atoms with Gasteiger partial charge in [0.05, 0.1) is 33.0 Å². The normalized spacial score (nSPS) is 9.75. The Morgan fingerprint density at radius 3 is 2.12 bits per heavy atom. The monoisotopic (exact) mass is 326 g/mol. The Hall–Kier alpha value is -3.20. The number of nitrogens with zero attached hydrogens (tertiary/aromatic N) is 1. The van der Waals surface area contributed by atoms with Crippen LogP contribution in [-0.4, -0.2) is 27.2 Å². The van der Waals surface area contributed by atoms with Crippen LogP contribution in [0.3, 0.4) is 0 Å². The van der Waals surface area contributed by atoms with Crippen molar-refractivity contribution in [2.75, 3.05) is 21.3 Å². The molecule has 0 spiro atoms. The summed E-state index contributed by atoms with van der Waals surface area (Å²) in [5.41, 5.74) is 1.75. The number of carbonyl (C=O) groups is 1. The number of ether oxygens (including phenoxy) is 3. The molecule has 0 aliphatic carbocycles. The van der Waals surface area contributed by atoms with Crippen LogP contribution in [0.2, 0.25) is 0 Å². The Morgan fingerprint density at radius 2 is 1.58 bits per heavy atom. The number of nitrogens with one attached hydrogen (secondary N) is 1. The fourth-order valence-corrected chi connectivity index (χ4v) is 2.20. The van der Waals surface area contributed by atoms with Gasteiger partial charge in [-0.25, -0.2) is 0 Å². The van der Waals surface area contributed by atoms with Crippen LogP contribution in [0, 0.1) is 11.3 Å². The van der Waals surface area contributed by atoms with E-state index in [2.05, 4.69) is 5.32 Å². The maximum Gasteiger partial charge on any atom is 0.251 e. The van der Waals surface area contributed by atoms with Crippen LogP contribution < -0.4 is 19.5 Å². The molecule has 0 aliphatic rings. The van der Waals surface area contributed by atoms with Gasteiger partial charge in [0.2, 0.25) is 0 Å². The van der Waals surface area contributed by atoms with Crippen LogP contribution in [0.5, 0.6) is 17.2 Å². The molecule has 0 saturated carbocycles. The summed E-state index contributed by atoms with van der Waals surface area (Å²) in [5.74, 6) is 1.46. The molecule has 0 aromatic heterocycles. The van der Waals surface area contributed by atoms with Crippen LogP contribution in [-0.2, 0) is 6.54 Å². The van der Waals surface area contributed by atoms with E-state index >= 15 is 0 Å². The van der Waals surface area contributed by atoms with E-state index in [0.29, 0.717) is 28.4 Å². The fourth-order valence-electron chi connectivity index (χ4n) is 2.20. The highest BCUT2D eigenvalue weighted by atomic mass is 16.5. The molecule has 6 nitrogen and oxygen atoms in total. The van der Waals surface area contributed by atoms with Gasteiger partial charge in [-0.15, -0.1) is 0 Å². The summed E-state index contributed by atoms with van der Waals surface area (Å²) in [6, 6.07) is 11.9. The van der Waals surface area contributed by atoms with Crippen molar-refractivity contribution in [2.45, 2.75) is 6.54 Å². The summed E-state index contributed by atoms with van der Waals surface area (Å²) in [6.07, 6.45) is 0. The molecule has 0 aliphatic heterocycles. The molecule has 0 saturated heterocycles. The maximum atomic E-state index is 12.2. The van der Waals surface area contributed by atoms with Gasteiger partial charge in [0, 0.05) is 23.7 Å². The first-order chi connectivity index (χ1) is 11.6. The molecule has 2 aromatic rings. The van der Waals surface area contributed by atoms with E-state index < -0.39 is 0 Å². The predicted octanol–water partition coefficient (Wildman–Crippen LogP) is 2.51. The van der Waals surface area contributed by atoms with E-state index in [1.807, 2.05) is 6.07 Å². The minimum atomic E-state index is -0.240. The molecule has 24 heavy (non-hydrogen) atoms. The van der Waals surface area contributed by atoms with Gasteiger partial charge in [-0.2, -0.15) is 5.26 Å². The SMILES string of the molecule is COc1cc(OC)c(OC)cc1CNC(=O)c1ccc(C#N)cc1. The highest BCUT2D eigenvalue weighted by molar-refractivity contribution is 5.94. The van der Waals surface area contributed by atoms with Gasteiger partial charge in [0.25, 0.3) is 5.91 Å². The standard InChI is InChI=1S/C18H18N2O4/c1-22-15-9-17(24-3)16(23-2)8-14(15)11-20-18(21)13-6-4-12(10-19)5-7-13/h4-9H,11H2,1-3H3,(H,20,21). The smallest absolute Gasteiger partial charge is 0.251 e. The van der Waals surface area contributed by atoms with Gasteiger partial charge in [0.1, 0.15) is 5.75 Å². The number of rotatable bonds is 6. The first-order valence-electron chi connectivity index (χ1n) is 7.20. The molecular formula is C18H18N2O4. The van der Waals surface area contributed by atoms with Crippen LogP contribution >= 0.6 is 0 Å². The zero-order chi connectivity index (χ0) is 17.5. The van der Waals surface area contributed by atoms with Crippen molar-refractivity contribution >= 4 is 5.91 Å². The number of methoxy groups -OCH3 is 3. The molecule has 0 unspecified atom stereocenters. The quantitative estimate of drug-likeness (QED) is 0.882. The molecule has 1 N–H and O–H groups in total. The lowest BCUT2D eigenvalue weighted by Crippen LogP contribution is -2.23. The first kappa shape index (κ1) is 17.2. The van der Waals surface area contributed by atoms with Gasteiger partial charge in [-0.1, -0.05) is 0 Å². The Kier molecular flexibility index (Phi) is 5.63. The molecule has 0 radical (unpaired) electrons. The van der Waals surface area contributed by atoms with Crippen molar-refractivity contribution in [3.05, 3.63) is 53.1 Å². The average Bonchev–Trinajstić information content (AvgIpc) is 2.65. The highest BCUT2D eigenvalue weighted by Gasteiger charge is 2.13. The Balaban J connectivity index is 2.15. The predicted molar refractivity (Wildman–Crippen MR) is 88.4 cm³/mol. The minimum absolute atomic E-state index is 0.240. The molecule has 1 amide bonds. The van der Waals surface area contributed by atoms with E-state index in [0.717, 1.165) is 5.56 Å². The zero-order valence-corrected chi connectivity index (χ0v) is 13.8. The fraction of sp³-hybridized carbons (Fsp3) is 0.222. The van der Waals surface area contributed by atoms with E-state index in [1.54, 1.807) is 57.7 Å². The molecule has 2 aromatic carbocycles. The number of carbonyl (C=O) groups excluding carboxylic acids is 1. The van der Waals surface area contributed by atoms with Crippen molar-refractivity contribution in [2.24, 2.45) is 0 Å². The summed E-state index contributed by atoms with van der Waals surface area (Å²) in [4.78, 5) is 12.2. The molecule has 0 fully saturated rings. The maximum absolute atomic E-state index is 12.2. The van der Waals surface area contributed by atoms with Crippen molar-refractivity contribution < 1.29 is 19.0 Å². The number of nitriles is 1. The third-order valence-corrected chi connectivity index (χ3v) is 3.50. The van der Waals surface area contributed by atoms with Gasteiger partial charge < -0.3 is 19.5 Å². The Bertz CT molecular complexity index is 764. The third-order valence-electron chi connectivity index (χ3n) is 3.50. The minimum Gasteiger partial charge on any atom is -0.496 e. The van der Waals surface area contributed by atoms with Gasteiger partial charge in [-0.3, -0.25) is 4.79 Å². The van der Waals surface area contributed by atoms with Crippen LogP contribution in [0.4, 0.5) is 0 Å². The molecule has 0 heterocycles. The van der Waals surface area contributed by atoms with Crippen molar-refractivity contribution in [3.8, 4) is 23.3 Å². The number of benzene rings is 2. The molecule has 2 rings (SSSR count). The number of amides is 1. The molecular weight excluding hydrogens is 308 g/mol. The second-order valence-electron chi connectivity index (χ2n) is 4.89. The largest absolute Gasteiger partial charge is 0.496 e. The Labute approximate surface area is 140 Å². The number of hydrogen-bond donors (Lipinski definition) is 1. The van der Waals surface area contributed by atoms with Gasteiger partial charge in [0.15, 0.2) is 11.5 Å². The molecule has 124 valence electrons. The lowest BCUT2D eigenvalue weighted by Gasteiger charge is -2.14. The first-order valence-corrected chi connectivity index (χ1v) is 7.20. The average molecular weight is 326 g/mol. The summed E-state index contributed by atoms with van der Waals surface area (Å²) in [5, 5.41) is 11.6. The van der Waals surface area contributed by atoms with Gasteiger partial charge >= 0.3 is 0 Å². The second-order valence-corrected chi connectivity index (χ2v) is 4.89. The van der Waals surface area contributed by atoms with Crippen molar-refractivity contribution in [1.82, 2.24) is 5.32 Å². The lowest BCUT2D eigenvalue weighted by atomic mass is 10.1. The van der Waals surface area contributed by atoms with E-state index in [9.17, 15) is 4.79 Å². The third kappa shape index (κ3) is 3.76. The highest BCUT2D eigenvalue weighted by Crippen LogP contribution is 2.34. The molecule has 6 heteroatoms. The van der Waals surface area contributed by atoms with Crippen molar-refractivity contribution in [3.63, 3.8) is 0 Å². The number of hydrogen-bond acceptors (Lipinski definition) is 5. The zero-order valence-electron chi connectivity index (χ0n) is 13.8. The topological polar surface area (TPSA) is 80.6 Å². The van der Waals surface area contributed by atoms with Crippen LogP contribution in [0.25, 0.3) is 0 Å². The molecule has 0 bridgehead atoms. The Morgan fingerprint density at radius 1 is 1.00 bits per heavy atom. The summed E-state index contributed by atoms with van der Waals surface area (Å²) >= 11 is 0. The van der Waals surface area contributed by atoms with Crippen LogP contribution in [0.15, 0.2) is 36.4 Å². The lowest BCUT2D eigenvalue weighted by molar-refractivity contribution is 0.0950. The summed E-state index contributed by atoms with van der Waals surface area (Å²) in [7, 11) is 4.64. The summed E-state index contributed by atoms with van der Waals surface area (Å²) < 4.78 is 15.8. The van der Waals surface area contributed by atoms with E-state index in [4.69, 9.17) is 19.5 Å². The van der Waals surface area contributed by atoms with Crippen LogP contribution in [0.1, 0.15) is 21.5 Å². The molecule has 0 atom stereocenters. The van der Waals surface area contributed by atoms with Gasteiger partial charge in [-0.05, 0) is 30.3 Å². The van der Waals surface area contributed by atoms with E-state index in [-0.39, 0.29) is 12.5 Å². The van der Waals surface area contributed by atoms with Crippen molar-refractivity contribution in [1.29, 1.82) is 5.26 Å².